The fraction of sp³-hybridized carbons (Fsp3) is 0.619. The Bertz CT molecular complexity index is 546. The van der Waals surface area contributed by atoms with Crippen LogP contribution in [0.2, 0.25) is 5.02 Å². The number of hydrogen-bond acceptors (Lipinski definition) is 3. The summed E-state index contributed by atoms with van der Waals surface area (Å²) < 4.78 is 0. The molecule has 0 atom stereocenters. The number of carbonyl (C=O) groups excluding carboxylic acids is 1. The second-order valence-corrected chi connectivity index (χ2v) is 8.44. The molecular formula is C21H31ClN2OS. The summed E-state index contributed by atoms with van der Waals surface area (Å²) in [4.78, 5) is 12.0. The largest absolute Gasteiger partial charge is 0.272 e. The highest BCUT2D eigenvalue weighted by Gasteiger charge is 2.05. The number of carbonyl (C=O) groups is 1. The van der Waals surface area contributed by atoms with Crippen molar-refractivity contribution in [1.82, 2.24) is 5.43 Å². The summed E-state index contributed by atoms with van der Waals surface area (Å²) in [7, 11) is 0. The maximum Gasteiger partial charge on any atom is 0.250 e. The first-order valence-electron chi connectivity index (χ1n) is 9.90. The zero-order valence-corrected chi connectivity index (χ0v) is 17.2. The summed E-state index contributed by atoms with van der Waals surface area (Å²) in [5.41, 5.74) is 5.11. The summed E-state index contributed by atoms with van der Waals surface area (Å²) in [6.45, 7) is 0. The predicted molar refractivity (Wildman–Crippen MR) is 114 cm³/mol. The third-order valence-corrected chi connectivity index (χ3v) is 5.94. The van der Waals surface area contributed by atoms with Crippen molar-refractivity contribution in [3.8, 4) is 0 Å². The van der Waals surface area contributed by atoms with Gasteiger partial charge >= 0.3 is 0 Å². The minimum atomic E-state index is -0.0115. The van der Waals surface area contributed by atoms with Gasteiger partial charge in [0.2, 0.25) is 5.91 Å². The van der Waals surface area contributed by atoms with Crippen LogP contribution in [0, 0.1) is 0 Å². The lowest BCUT2D eigenvalue weighted by Gasteiger charge is -2.09. The Morgan fingerprint density at radius 3 is 2.04 bits per heavy atom. The van der Waals surface area contributed by atoms with E-state index in [-0.39, 0.29) is 5.91 Å². The molecule has 0 unspecified atom stereocenters. The number of hydrazone groups is 1. The van der Waals surface area contributed by atoms with Crippen LogP contribution in [0.1, 0.15) is 76.2 Å². The Morgan fingerprint density at radius 1 is 0.923 bits per heavy atom. The van der Waals surface area contributed by atoms with Crippen molar-refractivity contribution in [3.05, 3.63) is 34.9 Å². The molecule has 1 aromatic carbocycles. The second kappa shape index (κ2) is 13.2. The molecule has 1 aromatic rings. The number of thioether (sulfide) groups is 1. The van der Waals surface area contributed by atoms with Gasteiger partial charge in [0.15, 0.2) is 0 Å². The number of benzene rings is 1. The molecule has 0 heterocycles. The molecule has 0 radical (unpaired) electrons. The lowest BCUT2D eigenvalue weighted by atomic mass is 10.00. The maximum atomic E-state index is 12.0. The fourth-order valence-electron chi connectivity index (χ4n) is 3.15. The number of amides is 1. The van der Waals surface area contributed by atoms with Crippen molar-refractivity contribution in [2.75, 3.05) is 5.75 Å². The quantitative estimate of drug-likeness (QED) is 0.591. The molecule has 0 aromatic heterocycles. The van der Waals surface area contributed by atoms with Gasteiger partial charge in [-0.25, -0.2) is 5.43 Å². The highest BCUT2D eigenvalue weighted by Crippen LogP contribution is 2.16. The van der Waals surface area contributed by atoms with Crippen LogP contribution < -0.4 is 5.43 Å². The third kappa shape index (κ3) is 9.63. The van der Waals surface area contributed by atoms with Gasteiger partial charge in [-0.15, -0.1) is 11.8 Å². The van der Waals surface area contributed by atoms with Gasteiger partial charge in [0, 0.05) is 16.5 Å². The average Bonchev–Trinajstić information content (AvgIpc) is 2.63. The molecule has 2 rings (SSSR count). The van der Waals surface area contributed by atoms with Crippen LogP contribution in [-0.4, -0.2) is 17.4 Å². The lowest BCUT2D eigenvalue weighted by Crippen LogP contribution is -2.21. The van der Waals surface area contributed by atoms with E-state index in [1.54, 1.807) is 11.8 Å². The molecule has 0 saturated heterocycles. The Kier molecular flexibility index (Phi) is 10.8. The molecule has 144 valence electrons. The smallest absolute Gasteiger partial charge is 0.250 e. The zero-order valence-electron chi connectivity index (χ0n) is 15.6. The molecule has 1 aliphatic rings. The molecule has 1 fully saturated rings. The maximum absolute atomic E-state index is 12.0. The van der Waals surface area contributed by atoms with Crippen LogP contribution in [0.5, 0.6) is 0 Å². The Hall–Kier alpha value is -1.00. The molecule has 5 heteroatoms. The van der Waals surface area contributed by atoms with E-state index in [0.29, 0.717) is 5.75 Å². The topological polar surface area (TPSA) is 41.5 Å². The molecule has 1 saturated carbocycles. The van der Waals surface area contributed by atoms with Gasteiger partial charge in [-0.1, -0.05) is 68.7 Å². The van der Waals surface area contributed by atoms with Crippen LogP contribution in [0.25, 0.3) is 0 Å². The van der Waals surface area contributed by atoms with Gasteiger partial charge in [-0.2, -0.15) is 5.10 Å². The number of nitrogens with zero attached hydrogens (tertiary/aromatic N) is 1. The zero-order chi connectivity index (χ0) is 18.5. The fourth-order valence-corrected chi connectivity index (χ4v) is 4.05. The van der Waals surface area contributed by atoms with E-state index in [1.807, 2.05) is 24.3 Å². The SMILES string of the molecule is O=C(CSCc1ccc(Cl)cc1)NN=C1CCCCCCCCCCC1. The second-order valence-electron chi connectivity index (χ2n) is 7.01. The van der Waals surface area contributed by atoms with Gasteiger partial charge in [-0.3, -0.25) is 4.79 Å². The molecule has 0 bridgehead atoms. The van der Waals surface area contributed by atoms with Crippen LogP contribution in [0.15, 0.2) is 29.4 Å². The minimum Gasteiger partial charge on any atom is -0.272 e. The van der Waals surface area contributed by atoms with E-state index in [0.717, 1.165) is 23.6 Å². The molecule has 1 amide bonds. The third-order valence-electron chi connectivity index (χ3n) is 4.68. The van der Waals surface area contributed by atoms with E-state index in [2.05, 4.69) is 10.5 Å². The number of nitrogens with one attached hydrogen (secondary N) is 1. The van der Waals surface area contributed by atoms with E-state index >= 15 is 0 Å². The molecular weight excluding hydrogens is 364 g/mol. The number of rotatable bonds is 5. The van der Waals surface area contributed by atoms with Crippen molar-refractivity contribution in [1.29, 1.82) is 0 Å². The summed E-state index contributed by atoms with van der Waals surface area (Å²) in [5, 5.41) is 5.17. The van der Waals surface area contributed by atoms with Gasteiger partial charge in [0.25, 0.3) is 0 Å². The Labute approximate surface area is 167 Å². The van der Waals surface area contributed by atoms with Crippen molar-refractivity contribution in [3.63, 3.8) is 0 Å². The van der Waals surface area contributed by atoms with Gasteiger partial charge in [0.05, 0.1) is 5.75 Å². The molecule has 26 heavy (non-hydrogen) atoms. The Morgan fingerprint density at radius 2 is 1.46 bits per heavy atom. The van der Waals surface area contributed by atoms with Crippen molar-refractivity contribution in [2.45, 2.75) is 76.4 Å². The normalized spacial score (nSPS) is 17.0. The monoisotopic (exact) mass is 394 g/mol. The lowest BCUT2D eigenvalue weighted by molar-refractivity contribution is -0.118. The first-order valence-corrected chi connectivity index (χ1v) is 11.4. The van der Waals surface area contributed by atoms with E-state index < -0.39 is 0 Å². The van der Waals surface area contributed by atoms with Crippen LogP contribution in [0.4, 0.5) is 0 Å². The van der Waals surface area contributed by atoms with Crippen molar-refractivity contribution in [2.24, 2.45) is 5.10 Å². The van der Waals surface area contributed by atoms with E-state index in [4.69, 9.17) is 11.6 Å². The van der Waals surface area contributed by atoms with Gasteiger partial charge < -0.3 is 0 Å². The van der Waals surface area contributed by atoms with E-state index in [1.165, 1.54) is 69.1 Å². The van der Waals surface area contributed by atoms with Gasteiger partial charge in [-0.05, 0) is 43.4 Å². The first kappa shape index (κ1) is 21.3. The van der Waals surface area contributed by atoms with Crippen molar-refractivity contribution < 1.29 is 4.79 Å². The molecule has 1 aliphatic carbocycles. The summed E-state index contributed by atoms with van der Waals surface area (Å²) in [6, 6.07) is 7.76. The average molecular weight is 395 g/mol. The van der Waals surface area contributed by atoms with Gasteiger partial charge in [0.1, 0.15) is 0 Å². The molecule has 0 aliphatic heterocycles. The molecule has 1 N–H and O–H groups in total. The summed E-state index contributed by atoms with van der Waals surface area (Å²) >= 11 is 7.48. The van der Waals surface area contributed by atoms with Crippen LogP contribution >= 0.6 is 23.4 Å². The van der Waals surface area contributed by atoms with E-state index in [9.17, 15) is 4.79 Å². The highest BCUT2D eigenvalue weighted by molar-refractivity contribution is 7.99. The van der Waals surface area contributed by atoms with Crippen molar-refractivity contribution >= 4 is 35.0 Å². The number of hydrogen-bond donors (Lipinski definition) is 1. The molecule has 0 spiro atoms. The highest BCUT2D eigenvalue weighted by atomic mass is 35.5. The molecule has 3 nitrogen and oxygen atoms in total. The van der Waals surface area contributed by atoms with Crippen LogP contribution in [-0.2, 0) is 10.5 Å². The Balaban J connectivity index is 1.70. The standard InChI is InChI=1S/C21H31ClN2OS/c22-19-14-12-18(13-15-19)16-26-17-21(25)24-23-20-10-8-6-4-2-1-3-5-7-9-11-20/h12-15H,1-11,16-17H2,(H,24,25). The first-order chi connectivity index (χ1) is 12.7. The summed E-state index contributed by atoms with van der Waals surface area (Å²) in [6.07, 6.45) is 13.8. The predicted octanol–water partition coefficient (Wildman–Crippen LogP) is 6.35. The minimum absolute atomic E-state index is 0.0115. The van der Waals surface area contributed by atoms with Crippen LogP contribution in [0.3, 0.4) is 0 Å². The summed E-state index contributed by atoms with van der Waals surface area (Å²) in [5.74, 6) is 1.23. The number of halogens is 1.